The number of para-hydroxylation sites is 1. The van der Waals surface area contributed by atoms with Crippen molar-refractivity contribution in [2.24, 2.45) is 0 Å². The van der Waals surface area contributed by atoms with Gasteiger partial charge in [0, 0.05) is 5.56 Å². The van der Waals surface area contributed by atoms with E-state index >= 15 is 0 Å². The molecule has 0 spiro atoms. The number of carboxylic acid groups (broad SMARTS) is 1. The first kappa shape index (κ1) is 20.2. The number of rotatable bonds is 9. The van der Waals surface area contributed by atoms with Crippen molar-refractivity contribution < 1.29 is 19.4 Å². The van der Waals surface area contributed by atoms with Crippen molar-refractivity contribution in [2.75, 3.05) is 13.2 Å². The highest BCUT2D eigenvalue weighted by atomic mass is 16.5. The third kappa shape index (κ3) is 5.72. The Bertz CT molecular complexity index is 960. The molecule has 148 valence electrons. The number of aliphatic carboxylic acids is 1. The average molecular weight is 388 g/mol. The lowest BCUT2D eigenvalue weighted by Gasteiger charge is -2.11. The van der Waals surface area contributed by atoms with E-state index in [2.05, 4.69) is 6.92 Å². The largest absolute Gasteiger partial charge is 0.490 e. The monoisotopic (exact) mass is 388 g/mol. The molecule has 0 bridgehead atoms. The minimum Gasteiger partial charge on any atom is -0.490 e. The molecule has 0 aromatic heterocycles. The highest BCUT2D eigenvalue weighted by Gasteiger charge is 2.11. The van der Waals surface area contributed by atoms with Crippen LogP contribution in [0.5, 0.6) is 11.5 Å². The van der Waals surface area contributed by atoms with Crippen molar-refractivity contribution in [2.45, 2.75) is 13.3 Å². The van der Waals surface area contributed by atoms with Gasteiger partial charge in [-0.2, -0.15) is 0 Å². The first-order valence-corrected chi connectivity index (χ1v) is 9.61. The third-order valence-corrected chi connectivity index (χ3v) is 4.48. The molecule has 0 saturated heterocycles. The highest BCUT2D eigenvalue weighted by molar-refractivity contribution is 6.20. The van der Waals surface area contributed by atoms with Gasteiger partial charge in [0.2, 0.25) is 0 Å². The number of benzene rings is 3. The van der Waals surface area contributed by atoms with Gasteiger partial charge in [-0.1, -0.05) is 67.6 Å². The lowest BCUT2D eigenvalue weighted by molar-refractivity contribution is -0.130. The lowest BCUT2D eigenvalue weighted by atomic mass is 10.0. The summed E-state index contributed by atoms with van der Waals surface area (Å²) < 4.78 is 11.6. The zero-order chi connectivity index (χ0) is 20.5. The SMILES string of the molecule is CCc1ccc(OCCOc2ccccc2/C=C(\C(=O)O)c2ccccc2)cc1. The lowest BCUT2D eigenvalue weighted by Crippen LogP contribution is -2.09. The summed E-state index contributed by atoms with van der Waals surface area (Å²) in [6, 6.07) is 24.4. The second kappa shape index (κ2) is 10.1. The number of aryl methyl sites for hydroxylation is 1. The van der Waals surface area contributed by atoms with Crippen LogP contribution in [0.2, 0.25) is 0 Å². The zero-order valence-electron chi connectivity index (χ0n) is 16.4. The maximum Gasteiger partial charge on any atom is 0.336 e. The van der Waals surface area contributed by atoms with Crippen molar-refractivity contribution in [1.82, 2.24) is 0 Å². The van der Waals surface area contributed by atoms with E-state index in [9.17, 15) is 9.90 Å². The molecule has 1 N–H and O–H groups in total. The van der Waals surface area contributed by atoms with Crippen LogP contribution in [0.25, 0.3) is 11.6 Å². The van der Waals surface area contributed by atoms with Gasteiger partial charge in [-0.3, -0.25) is 0 Å². The Morgan fingerprint density at radius 2 is 1.52 bits per heavy atom. The summed E-state index contributed by atoms with van der Waals surface area (Å²) in [4.78, 5) is 11.7. The molecule has 0 heterocycles. The van der Waals surface area contributed by atoms with E-state index < -0.39 is 5.97 Å². The van der Waals surface area contributed by atoms with Gasteiger partial charge >= 0.3 is 5.97 Å². The van der Waals surface area contributed by atoms with Crippen LogP contribution in [-0.2, 0) is 11.2 Å². The molecular formula is C25H24O4. The standard InChI is InChI=1S/C25H24O4/c1-2-19-12-14-22(15-13-19)28-16-17-29-24-11-7-6-10-21(24)18-23(25(26)27)20-8-4-3-5-9-20/h3-15,18H,2,16-17H2,1H3,(H,26,27)/b23-18-. The first-order chi connectivity index (χ1) is 14.2. The predicted octanol–water partition coefficient (Wildman–Crippen LogP) is 5.33. The maximum atomic E-state index is 11.7. The molecule has 4 heteroatoms. The summed E-state index contributed by atoms with van der Waals surface area (Å²) in [6.45, 7) is 2.87. The van der Waals surface area contributed by atoms with Crippen LogP contribution >= 0.6 is 0 Å². The molecule has 0 fully saturated rings. The molecule has 0 saturated carbocycles. The van der Waals surface area contributed by atoms with Crippen molar-refractivity contribution in [3.8, 4) is 11.5 Å². The summed E-state index contributed by atoms with van der Waals surface area (Å²) in [6.07, 6.45) is 2.63. The molecule has 0 aliphatic carbocycles. The van der Waals surface area contributed by atoms with E-state index in [1.165, 1.54) is 5.56 Å². The Kier molecular flexibility index (Phi) is 7.06. The number of ether oxygens (including phenoxy) is 2. The number of hydrogen-bond donors (Lipinski definition) is 1. The van der Waals surface area contributed by atoms with Gasteiger partial charge in [-0.15, -0.1) is 0 Å². The second-order valence-electron chi connectivity index (χ2n) is 6.46. The Balaban J connectivity index is 1.67. The van der Waals surface area contributed by atoms with Crippen LogP contribution in [0.1, 0.15) is 23.6 Å². The third-order valence-electron chi connectivity index (χ3n) is 4.48. The van der Waals surface area contributed by atoms with E-state index in [4.69, 9.17) is 9.47 Å². The van der Waals surface area contributed by atoms with Gasteiger partial charge in [-0.05, 0) is 41.8 Å². The number of hydrogen-bond acceptors (Lipinski definition) is 3. The number of carboxylic acids is 1. The molecule has 3 rings (SSSR count). The van der Waals surface area contributed by atoms with E-state index in [1.54, 1.807) is 18.2 Å². The van der Waals surface area contributed by atoms with E-state index in [-0.39, 0.29) is 5.57 Å². The zero-order valence-corrected chi connectivity index (χ0v) is 16.4. The van der Waals surface area contributed by atoms with Crippen LogP contribution in [-0.4, -0.2) is 24.3 Å². The molecule has 4 nitrogen and oxygen atoms in total. The summed E-state index contributed by atoms with van der Waals surface area (Å²) in [5.41, 5.74) is 2.84. The molecule has 0 amide bonds. The minimum atomic E-state index is -0.982. The van der Waals surface area contributed by atoms with Crippen LogP contribution in [0.3, 0.4) is 0 Å². The first-order valence-electron chi connectivity index (χ1n) is 9.61. The predicted molar refractivity (Wildman–Crippen MR) is 115 cm³/mol. The van der Waals surface area contributed by atoms with Crippen LogP contribution < -0.4 is 9.47 Å². The molecule has 0 unspecified atom stereocenters. The quantitative estimate of drug-likeness (QED) is 0.306. The van der Waals surface area contributed by atoms with Crippen LogP contribution in [0.4, 0.5) is 0 Å². The molecule has 0 atom stereocenters. The summed E-state index contributed by atoms with van der Waals surface area (Å²) in [5.74, 6) is 0.438. The smallest absolute Gasteiger partial charge is 0.336 e. The Morgan fingerprint density at radius 1 is 0.862 bits per heavy atom. The maximum absolute atomic E-state index is 11.7. The Labute approximate surface area is 171 Å². The molecule has 3 aromatic rings. The number of carbonyl (C=O) groups is 1. The van der Waals surface area contributed by atoms with Gasteiger partial charge < -0.3 is 14.6 Å². The van der Waals surface area contributed by atoms with Crippen molar-refractivity contribution in [3.63, 3.8) is 0 Å². The Hall–Kier alpha value is -3.53. The summed E-state index contributed by atoms with van der Waals surface area (Å²) in [7, 11) is 0. The second-order valence-corrected chi connectivity index (χ2v) is 6.46. The van der Waals surface area contributed by atoms with E-state index in [0.717, 1.165) is 12.2 Å². The molecule has 0 radical (unpaired) electrons. The van der Waals surface area contributed by atoms with E-state index in [1.807, 2.05) is 66.7 Å². The van der Waals surface area contributed by atoms with Crippen molar-refractivity contribution >= 4 is 17.6 Å². The van der Waals surface area contributed by atoms with Gasteiger partial charge in [0.15, 0.2) is 0 Å². The molecule has 0 aliphatic rings. The fourth-order valence-electron chi connectivity index (χ4n) is 2.91. The average Bonchev–Trinajstić information content (AvgIpc) is 2.76. The summed E-state index contributed by atoms with van der Waals surface area (Å²) in [5, 5.41) is 9.63. The van der Waals surface area contributed by atoms with Gasteiger partial charge in [0.1, 0.15) is 24.7 Å². The molecule has 29 heavy (non-hydrogen) atoms. The van der Waals surface area contributed by atoms with Crippen molar-refractivity contribution in [1.29, 1.82) is 0 Å². The molecule has 0 aliphatic heterocycles. The van der Waals surface area contributed by atoms with Gasteiger partial charge in [0.05, 0.1) is 5.57 Å². The Morgan fingerprint density at radius 3 is 2.21 bits per heavy atom. The van der Waals surface area contributed by atoms with E-state index in [0.29, 0.717) is 30.1 Å². The van der Waals surface area contributed by atoms with Crippen LogP contribution in [0, 0.1) is 0 Å². The summed E-state index contributed by atoms with van der Waals surface area (Å²) >= 11 is 0. The van der Waals surface area contributed by atoms with Crippen LogP contribution in [0.15, 0.2) is 78.9 Å². The molecular weight excluding hydrogens is 364 g/mol. The normalized spacial score (nSPS) is 11.1. The highest BCUT2D eigenvalue weighted by Crippen LogP contribution is 2.25. The topological polar surface area (TPSA) is 55.8 Å². The fourth-order valence-corrected chi connectivity index (χ4v) is 2.91. The molecule has 3 aromatic carbocycles. The fraction of sp³-hybridized carbons (Fsp3) is 0.160. The van der Waals surface area contributed by atoms with Gasteiger partial charge in [-0.25, -0.2) is 4.79 Å². The van der Waals surface area contributed by atoms with Crippen molar-refractivity contribution in [3.05, 3.63) is 95.6 Å². The van der Waals surface area contributed by atoms with Gasteiger partial charge in [0.25, 0.3) is 0 Å². The minimum absolute atomic E-state index is 0.217.